The Morgan fingerprint density at radius 3 is 2.53 bits per heavy atom. The SMILES string of the molecule is O=c1c2ccccc2c(NC2CCC2)nn1C[C@H](O)CN1CCc2ccccc2C1. The normalized spacial score (nSPS) is 18.0. The summed E-state index contributed by atoms with van der Waals surface area (Å²) in [7, 11) is 0. The average molecular weight is 405 g/mol. The van der Waals surface area contributed by atoms with Crippen molar-refractivity contribution < 1.29 is 5.11 Å². The van der Waals surface area contributed by atoms with Crippen molar-refractivity contribution >= 4 is 16.6 Å². The van der Waals surface area contributed by atoms with Crippen molar-refractivity contribution in [2.24, 2.45) is 0 Å². The van der Waals surface area contributed by atoms with E-state index in [0.29, 0.717) is 18.0 Å². The smallest absolute Gasteiger partial charge is 0.274 e. The first-order valence-electron chi connectivity index (χ1n) is 10.9. The van der Waals surface area contributed by atoms with Crippen LogP contribution in [0.2, 0.25) is 0 Å². The Morgan fingerprint density at radius 2 is 1.77 bits per heavy atom. The number of benzene rings is 2. The van der Waals surface area contributed by atoms with Crippen LogP contribution in [0.4, 0.5) is 5.82 Å². The maximum Gasteiger partial charge on any atom is 0.274 e. The fourth-order valence-corrected chi connectivity index (χ4v) is 4.48. The van der Waals surface area contributed by atoms with Crippen LogP contribution in [0, 0.1) is 0 Å². The third-order valence-electron chi connectivity index (χ3n) is 6.38. The van der Waals surface area contributed by atoms with Crippen LogP contribution >= 0.6 is 0 Å². The molecule has 5 rings (SSSR count). The molecular weight excluding hydrogens is 376 g/mol. The molecule has 2 N–H and O–H groups in total. The number of aromatic nitrogens is 2. The molecule has 0 unspecified atom stereocenters. The molecule has 3 aromatic rings. The van der Waals surface area contributed by atoms with Crippen LogP contribution in [0.25, 0.3) is 10.8 Å². The van der Waals surface area contributed by atoms with Gasteiger partial charge in [0.2, 0.25) is 0 Å². The van der Waals surface area contributed by atoms with E-state index < -0.39 is 6.10 Å². The summed E-state index contributed by atoms with van der Waals surface area (Å²) >= 11 is 0. The summed E-state index contributed by atoms with van der Waals surface area (Å²) in [5.74, 6) is 0.744. The first kappa shape index (κ1) is 19.3. The summed E-state index contributed by atoms with van der Waals surface area (Å²) in [5.41, 5.74) is 2.57. The molecule has 1 saturated carbocycles. The number of anilines is 1. The predicted octanol–water partition coefficient (Wildman–Crippen LogP) is 2.78. The van der Waals surface area contributed by atoms with E-state index in [1.54, 1.807) is 0 Å². The highest BCUT2D eigenvalue weighted by atomic mass is 16.3. The minimum atomic E-state index is -0.654. The number of fused-ring (bicyclic) bond motifs is 2. The molecule has 2 aliphatic rings. The first-order chi connectivity index (χ1) is 14.7. The second kappa shape index (κ2) is 8.20. The molecule has 0 bridgehead atoms. The number of nitrogens with one attached hydrogen (secondary N) is 1. The zero-order chi connectivity index (χ0) is 20.5. The molecule has 1 aliphatic carbocycles. The van der Waals surface area contributed by atoms with Crippen LogP contribution in [-0.4, -0.2) is 45.0 Å². The van der Waals surface area contributed by atoms with Crippen molar-refractivity contribution in [3.8, 4) is 0 Å². The number of hydrogen-bond acceptors (Lipinski definition) is 5. The van der Waals surface area contributed by atoms with Crippen LogP contribution in [-0.2, 0) is 19.5 Å². The van der Waals surface area contributed by atoms with Gasteiger partial charge in [-0.3, -0.25) is 9.69 Å². The second-order valence-electron chi connectivity index (χ2n) is 8.56. The van der Waals surface area contributed by atoms with Crippen LogP contribution in [0.15, 0.2) is 53.3 Å². The lowest BCUT2D eigenvalue weighted by Crippen LogP contribution is -2.40. The molecule has 1 fully saturated rings. The summed E-state index contributed by atoms with van der Waals surface area (Å²) in [5, 5.41) is 20.4. The Bertz CT molecular complexity index is 1110. The Hall–Kier alpha value is -2.70. The van der Waals surface area contributed by atoms with Gasteiger partial charge in [-0.15, -0.1) is 0 Å². The molecule has 2 aromatic carbocycles. The van der Waals surface area contributed by atoms with E-state index in [1.165, 1.54) is 22.2 Å². The van der Waals surface area contributed by atoms with Crippen molar-refractivity contribution in [3.63, 3.8) is 0 Å². The van der Waals surface area contributed by atoms with E-state index in [-0.39, 0.29) is 12.1 Å². The highest BCUT2D eigenvalue weighted by Crippen LogP contribution is 2.26. The fraction of sp³-hybridized carbons (Fsp3) is 0.417. The summed E-state index contributed by atoms with van der Waals surface area (Å²) < 4.78 is 1.44. The van der Waals surface area contributed by atoms with Gasteiger partial charge in [0.05, 0.1) is 18.0 Å². The van der Waals surface area contributed by atoms with Crippen LogP contribution < -0.4 is 10.9 Å². The van der Waals surface area contributed by atoms with Crippen LogP contribution in [0.3, 0.4) is 0 Å². The molecular formula is C24H28N4O2. The molecule has 2 heterocycles. The molecule has 1 aliphatic heterocycles. The molecule has 30 heavy (non-hydrogen) atoms. The molecule has 6 nitrogen and oxygen atoms in total. The zero-order valence-electron chi connectivity index (χ0n) is 17.1. The van der Waals surface area contributed by atoms with E-state index >= 15 is 0 Å². The van der Waals surface area contributed by atoms with Crippen molar-refractivity contribution in [3.05, 3.63) is 70.0 Å². The summed E-state index contributed by atoms with van der Waals surface area (Å²) in [4.78, 5) is 15.2. The molecule has 0 radical (unpaired) electrons. The highest BCUT2D eigenvalue weighted by Gasteiger charge is 2.22. The van der Waals surface area contributed by atoms with Gasteiger partial charge in [-0.25, -0.2) is 4.68 Å². The van der Waals surface area contributed by atoms with Crippen molar-refractivity contribution in [1.29, 1.82) is 0 Å². The monoisotopic (exact) mass is 404 g/mol. The number of β-amino-alcohol motifs (C(OH)–C–C–N with tert-alkyl or cyclic N) is 1. The van der Waals surface area contributed by atoms with Gasteiger partial charge in [0, 0.05) is 31.1 Å². The quantitative estimate of drug-likeness (QED) is 0.661. The number of aliphatic hydroxyl groups is 1. The lowest BCUT2D eigenvalue weighted by molar-refractivity contribution is 0.0879. The average Bonchev–Trinajstić information content (AvgIpc) is 2.73. The lowest BCUT2D eigenvalue weighted by Gasteiger charge is -2.30. The molecule has 6 heteroatoms. The Kier molecular flexibility index (Phi) is 5.27. The number of aliphatic hydroxyl groups excluding tert-OH is 1. The van der Waals surface area contributed by atoms with Gasteiger partial charge in [0.15, 0.2) is 5.82 Å². The molecule has 0 amide bonds. The summed E-state index contributed by atoms with van der Waals surface area (Å²) in [6.07, 6.45) is 3.83. The van der Waals surface area contributed by atoms with Crippen molar-refractivity contribution in [2.45, 2.75) is 50.9 Å². The standard InChI is InChI=1S/C24H28N4O2/c29-20(15-27-13-12-17-6-1-2-7-18(17)14-27)16-28-24(30)22-11-4-3-10-21(22)23(26-28)25-19-8-5-9-19/h1-4,6-7,10-11,19-20,29H,5,8-9,12-16H2,(H,25,26)/t20-/m1/s1. The zero-order valence-corrected chi connectivity index (χ0v) is 17.1. The topological polar surface area (TPSA) is 70.4 Å². The van der Waals surface area contributed by atoms with Crippen LogP contribution in [0.5, 0.6) is 0 Å². The summed E-state index contributed by atoms with van der Waals surface area (Å²) in [6.45, 7) is 2.48. The minimum Gasteiger partial charge on any atom is -0.390 e. The first-order valence-corrected chi connectivity index (χ1v) is 10.9. The molecule has 156 valence electrons. The van der Waals surface area contributed by atoms with Gasteiger partial charge in [0.1, 0.15) is 0 Å². The largest absolute Gasteiger partial charge is 0.390 e. The van der Waals surface area contributed by atoms with Crippen LogP contribution in [0.1, 0.15) is 30.4 Å². The van der Waals surface area contributed by atoms with E-state index in [0.717, 1.165) is 43.6 Å². The van der Waals surface area contributed by atoms with Gasteiger partial charge in [-0.2, -0.15) is 5.10 Å². The summed E-state index contributed by atoms with van der Waals surface area (Å²) in [6, 6.07) is 16.5. The van der Waals surface area contributed by atoms with E-state index in [4.69, 9.17) is 0 Å². The van der Waals surface area contributed by atoms with Gasteiger partial charge in [0.25, 0.3) is 5.56 Å². The van der Waals surface area contributed by atoms with Crippen molar-refractivity contribution in [2.75, 3.05) is 18.4 Å². The predicted molar refractivity (Wildman–Crippen MR) is 119 cm³/mol. The molecule has 0 spiro atoms. The van der Waals surface area contributed by atoms with Gasteiger partial charge < -0.3 is 10.4 Å². The number of rotatable bonds is 6. The number of hydrogen-bond donors (Lipinski definition) is 2. The van der Waals surface area contributed by atoms with Gasteiger partial charge in [-0.05, 0) is 42.9 Å². The van der Waals surface area contributed by atoms with E-state index in [9.17, 15) is 9.90 Å². The fourth-order valence-electron chi connectivity index (χ4n) is 4.48. The molecule has 1 aromatic heterocycles. The Balaban J connectivity index is 1.34. The third kappa shape index (κ3) is 3.85. The Labute approximate surface area is 176 Å². The lowest BCUT2D eigenvalue weighted by atomic mass is 9.93. The molecule has 0 saturated heterocycles. The number of nitrogens with zero attached hydrogens (tertiary/aromatic N) is 3. The van der Waals surface area contributed by atoms with Crippen molar-refractivity contribution in [1.82, 2.24) is 14.7 Å². The third-order valence-corrected chi connectivity index (χ3v) is 6.38. The minimum absolute atomic E-state index is 0.146. The molecule has 1 atom stereocenters. The second-order valence-corrected chi connectivity index (χ2v) is 8.56. The highest BCUT2D eigenvalue weighted by molar-refractivity contribution is 5.91. The van der Waals surface area contributed by atoms with E-state index in [2.05, 4.69) is 39.6 Å². The maximum atomic E-state index is 13.0. The maximum absolute atomic E-state index is 13.0. The Morgan fingerprint density at radius 1 is 1.03 bits per heavy atom. The van der Waals surface area contributed by atoms with Gasteiger partial charge in [-0.1, -0.05) is 42.5 Å². The van der Waals surface area contributed by atoms with E-state index in [1.807, 2.05) is 24.3 Å². The van der Waals surface area contributed by atoms with Gasteiger partial charge >= 0.3 is 0 Å².